The highest BCUT2D eigenvalue weighted by atomic mass is 19.4. The number of hydrazone groups is 1. The van der Waals surface area contributed by atoms with Crippen LogP contribution < -0.4 is 10.2 Å². The third kappa shape index (κ3) is 3.98. The highest BCUT2D eigenvalue weighted by molar-refractivity contribution is 5.82. The second-order valence-electron chi connectivity index (χ2n) is 4.18. The lowest BCUT2D eigenvalue weighted by Crippen LogP contribution is -2.08. The van der Waals surface area contributed by atoms with Crippen molar-refractivity contribution >= 4 is 11.9 Å². The molecule has 2 aromatic rings. The summed E-state index contributed by atoms with van der Waals surface area (Å²) in [6.07, 6.45) is -3.25. The van der Waals surface area contributed by atoms with Crippen molar-refractivity contribution in [3.05, 3.63) is 59.7 Å². The van der Waals surface area contributed by atoms with Crippen LogP contribution in [0.3, 0.4) is 0 Å². The first kappa shape index (κ1) is 14.9. The largest absolute Gasteiger partial charge is 0.497 e. The Balaban J connectivity index is 2.11. The minimum atomic E-state index is -4.40. The molecule has 0 atom stereocenters. The minimum Gasteiger partial charge on any atom is -0.497 e. The van der Waals surface area contributed by atoms with Gasteiger partial charge in [0.25, 0.3) is 0 Å². The molecule has 21 heavy (non-hydrogen) atoms. The molecule has 0 heterocycles. The van der Waals surface area contributed by atoms with Gasteiger partial charge in [0.2, 0.25) is 0 Å². The molecule has 0 spiro atoms. The summed E-state index contributed by atoms with van der Waals surface area (Å²) >= 11 is 0. The van der Waals surface area contributed by atoms with Gasteiger partial charge in [0, 0.05) is 5.56 Å². The van der Waals surface area contributed by atoms with Crippen molar-refractivity contribution in [1.82, 2.24) is 0 Å². The maximum atomic E-state index is 12.8. The zero-order valence-corrected chi connectivity index (χ0v) is 11.2. The Labute approximate surface area is 120 Å². The normalized spacial score (nSPS) is 11.6. The lowest BCUT2D eigenvalue weighted by molar-refractivity contribution is -0.137. The Kier molecular flexibility index (Phi) is 4.47. The number of anilines is 1. The second kappa shape index (κ2) is 6.30. The van der Waals surface area contributed by atoms with E-state index in [-0.39, 0.29) is 5.56 Å². The number of hydrogen-bond donors (Lipinski definition) is 1. The molecule has 0 saturated heterocycles. The number of nitrogens with one attached hydrogen (secondary N) is 1. The molecular weight excluding hydrogens is 281 g/mol. The maximum absolute atomic E-state index is 12.8. The van der Waals surface area contributed by atoms with E-state index in [1.54, 1.807) is 31.4 Å². The molecule has 0 unspecified atom stereocenters. The molecule has 0 amide bonds. The van der Waals surface area contributed by atoms with Gasteiger partial charge in [0.1, 0.15) is 5.75 Å². The Morgan fingerprint density at radius 1 is 1.05 bits per heavy atom. The highest BCUT2D eigenvalue weighted by Gasteiger charge is 2.32. The van der Waals surface area contributed by atoms with E-state index >= 15 is 0 Å². The molecule has 0 aliphatic rings. The molecule has 0 saturated carbocycles. The SMILES string of the molecule is COc1ccc(N/N=C/c2ccccc2C(F)(F)F)cc1. The Bertz CT molecular complexity index is 622. The van der Waals surface area contributed by atoms with Crippen molar-refractivity contribution in [3.63, 3.8) is 0 Å². The fourth-order valence-electron chi connectivity index (χ4n) is 1.71. The molecule has 0 aromatic heterocycles. The predicted octanol–water partition coefficient (Wildman–Crippen LogP) is 4.16. The predicted molar refractivity (Wildman–Crippen MR) is 75.7 cm³/mol. The molecule has 3 nitrogen and oxygen atoms in total. The summed E-state index contributed by atoms with van der Waals surface area (Å²) in [5.74, 6) is 0.687. The van der Waals surface area contributed by atoms with Crippen LogP contribution in [0, 0.1) is 0 Å². The summed E-state index contributed by atoms with van der Waals surface area (Å²) in [5, 5.41) is 3.83. The van der Waals surface area contributed by atoms with E-state index < -0.39 is 11.7 Å². The first-order valence-electron chi connectivity index (χ1n) is 6.10. The van der Waals surface area contributed by atoms with Crippen molar-refractivity contribution < 1.29 is 17.9 Å². The molecule has 0 radical (unpaired) electrons. The third-order valence-corrected chi connectivity index (χ3v) is 2.75. The van der Waals surface area contributed by atoms with E-state index in [0.717, 1.165) is 12.3 Å². The van der Waals surface area contributed by atoms with Gasteiger partial charge in [-0.2, -0.15) is 18.3 Å². The van der Waals surface area contributed by atoms with Crippen LogP contribution in [0.2, 0.25) is 0 Å². The fraction of sp³-hybridized carbons (Fsp3) is 0.133. The van der Waals surface area contributed by atoms with E-state index in [4.69, 9.17) is 4.74 Å². The summed E-state index contributed by atoms with van der Waals surface area (Å²) < 4.78 is 43.4. The topological polar surface area (TPSA) is 33.6 Å². The van der Waals surface area contributed by atoms with Crippen LogP contribution in [0.5, 0.6) is 5.75 Å². The smallest absolute Gasteiger partial charge is 0.417 e. The van der Waals surface area contributed by atoms with Crippen LogP contribution in [0.4, 0.5) is 18.9 Å². The minimum absolute atomic E-state index is 0.00557. The maximum Gasteiger partial charge on any atom is 0.417 e. The first-order chi connectivity index (χ1) is 10.0. The monoisotopic (exact) mass is 294 g/mol. The molecule has 0 aliphatic heterocycles. The van der Waals surface area contributed by atoms with E-state index in [1.807, 2.05) is 0 Å². The molecule has 6 heteroatoms. The number of nitrogens with zero attached hydrogens (tertiary/aromatic N) is 1. The number of methoxy groups -OCH3 is 1. The van der Waals surface area contributed by atoms with Crippen molar-refractivity contribution in [2.45, 2.75) is 6.18 Å². The van der Waals surface area contributed by atoms with Crippen LogP contribution in [0.25, 0.3) is 0 Å². The van der Waals surface area contributed by atoms with E-state index in [9.17, 15) is 13.2 Å². The standard InChI is InChI=1S/C15H13F3N2O/c1-21-13-8-6-12(7-9-13)20-19-10-11-4-2-3-5-14(11)15(16,17)18/h2-10,20H,1H3/b19-10+. The number of benzene rings is 2. The molecule has 2 aromatic carbocycles. The highest BCUT2D eigenvalue weighted by Crippen LogP contribution is 2.31. The summed E-state index contributed by atoms with van der Waals surface area (Å²) in [4.78, 5) is 0. The van der Waals surface area contributed by atoms with Crippen LogP contribution >= 0.6 is 0 Å². The molecule has 2 rings (SSSR count). The van der Waals surface area contributed by atoms with Crippen LogP contribution in [0.1, 0.15) is 11.1 Å². The average Bonchev–Trinajstić information content (AvgIpc) is 2.47. The van der Waals surface area contributed by atoms with Crippen molar-refractivity contribution in [1.29, 1.82) is 0 Å². The quantitative estimate of drug-likeness (QED) is 0.678. The van der Waals surface area contributed by atoms with Crippen molar-refractivity contribution in [3.8, 4) is 5.75 Å². The van der Waals surface area contributed by atoms with Gasteiger partial charge in [-0.25, -0.2) is 0 Å². The number of hydrogen-bond acceptors (Lipinski definition) is 3. The zero-order chi connectivity index (χ0) is 15.3. The molecule has 0 aliphatic carbocycles. The van der Waals surface area contributed by atoms with E-state index in [1.165, 1.54) is 18.2 Å². The Hall–Kier alpha value is -2.50. The summed E-state index contributed by atoms with van der Waals surface area (Å²) in [5.41, 5.74) is 2.61. The van der Waals surface area contributed by atoms with E-state index in [2.05, 4.69) is 10.5 Å². The Morgan fingerprint density at radius 3 is 2.33 bits per heavy atom. The van der Waals surface area contributed by atoms with Gasteiger partial charge in [0.15, 0.2) is 0 Å². The van der Waals surface area contributed by atoms with Gasteiger partial charge < -0.3 is 4.74 Å². The van der Waals surface area contributed by atoms with Gasteiger partial charge in [0.05, 0.1) is 24.6 Å². The molecule has 0 fully saturated rings. The number of rotatable bonds is 4. The second-order valence-corrected chi connectivity index (χ2v) is 4.18. The molecular formula is C15H13F3N2O. The lowest BCUT2D eigenvalue weighted by atomic mass is 10.1. The van der Waals surface area contributed by atoms with E-state index in [0.29, 0.717) is 11.4 Å². The summed E-state index contributed by atoms with van der Waals surface area (Å²) in [7, 11) is 1.55. The summed E-state index contributed by atoms with van der Waals surface area (Å²) in [6, 6.07) is 12.1. The molecule has 110 valence electrons. The van der Waals surface area contributed by atoms with Crippen LogP contribution in [-0.2, 0) is 6.18 Å². The first-order valence-corrected chi connectivity index (χ1v) is 6.10. The average molecular weight is 294 g/mol. The molecule has 0 bridgehead atoms. The van der Waals surface area contributed by atoms with Crippen LogP contribution in [0.15, 0.2) is 53.6 Å². The Morgan fingerprint density at radius 2 is 1.71 bits per heavy atom. The molecule has 1 N–H and O–H groups in total. The fourth-order valence-corrected chi connectivity index (χ4v) is 1.71. The van der Waals surface area contributed by atoms with Gasteiger partial charge in [-0.1, -0.05) is 18.2 Å². The lowest BCUT2D eigenvalue weighted by Gasteiger charge is -2.09. The number of halogens is 3. The van der Waals surface area contributed by atoms with Crippen LogP contribution in [-0.4, -0.2) is 13.3 Å². The van der Waals surface area contributed by atoms with Gasteiger partial charge in [-0.15, -0.1) is 0 Å². The third-order valence-electron chi connectivity index (χ3n) is 2.75. The number of alkyl halides is 3. The van der Waals surface area contributed by atoms with Gasteiger partial charge in [-0.05, 0) is 30.3 Å². The van der Waals surface area contributed by atoms with Gasteiger partial charge in [-0.3, -0.25) is 5.43 Å². The zero-order valence-electron chi connectivity index (χ0n) is 11.2. The van der Waals surface area contributed by atoms with Crippen molar-refractivity contribution in [2.75, 3.05) is 12.5 Å². The summed E-state index contributed by atoms with van der Waals surface area (Å²) in [6.45, 7) is 0. The van der Waals surface area contributed by atoms with Gasteiger partial charge >= 0.3 is 6.18 Å². The van der Waals surface area contributed by atoms with Crippen molar-refractivity contribution in [2.24, 2.45) is 5.10 Å². The number of ether oxygens (including phenoxy) is 1.